The number of carbonyl (C=O) groups excluding carboxylic acids is 1. The lowest BCUT2D eigenvalue weighted by Gasteiger charge is -2.39. The Morgan fingerprint density at radius 1 is 1.15 bits per heavy atom. The highest BCUT2D eigenvalue weighted by atomic mass is 19.4. The Morgan fingerprint density at radius 3 is 2.59 bits per heavy atom. The molecule has 1 aromatic heterocycles. The largest absolute Gasteiger partial charge is 0.416 e. The number of rotatable bonds is 3. The van der Waals surface area contributed by atoms with E-state index in [0.717, 1.165) is 37.8 Å². The number of hydrogen-bond donors (Lipinski definition) is 0. The first-order chi connectivity index (χ1) is 12.9. The number of halogens is 3. The van der Waals surface area contributed by atoms with E-state index >= 15 is 0 Å². The molecule has 0 spiro atoms. The van der Waals surface area contributed by atoms with Crippen LogP contribution in [0.5, 0.6) is 0 Å². The van der Waals surface area contributed by atoms with E-state index in [0.29, 0.717) is 19.0 Å². The molecule has 0 unspecified atom stereocenters. The predicted molar refractivity (Wildman–Crippen MR) is 90.6 cm³/mol. The summed E-state index contributed by atoms with van der Waals surface area (Å²) in [6.45, 7) is 1.05. The molecule has 1 saturated carbocycles. The van der Waals surface area contributed by atoms with Crippen molar-refractivity contribution >= 4 is 5.91 Å². The van der Waals surface area contributed by atoms with Gasteiger partial charge in [0.1, 0.15) is 0 Å². The van der Waals surface area contributed by atoms with Gasteiger partial charge in [-0.3, -0.25) is 4.79 Å². The summed E-state index contributed by atoms with van der Waals surface area (Å²) in [5.74, 6) is 0.777. The summed E-state index contributed by atoms with van der Waals surface area (Å²) >= 11 is 0. The van der Waals surface area contributed by atoms with Gasteiger partial charge in [-0.25, -0.2) is 0 Å². The Morgan fingerprint density at radius 2 is 1.89 bits per heavy atom. The molecule has 0 N–H and O–H groups in total. The van der Waals surface area contributed by atoms with Crippen LogP contribution in [-0.4, -0.2) is 34.0 Å². The van der Waals surface area contributed by atoms with E-state index < -0.39 is 11.7 Å². The fourth-order valence-corrected chi connectivity index (χ4v) is 3.78. The molecule has 1 amide bonds. The van der Waals surface area contributed by atoms with Crippen LogP contribution in [0.25, 0.3) is 11.4 Å². The minimum atomic E-state index is -4.42. The van der Waals surface area contributed by atoms with Crippen molar-refractivity contribution in [3.8, 4) is 11.4 Å². The first-order valence-corrected chi connectivity index (χ1v) is 9.22. The Labute approximate surface area is 154 Å². The maximum absolute atomic E-state index is 12.9. The molecule has 8 heteroatoms. The van der Waals surface area contributed by atoms with Crippen molar-refractivity contribution < 1.29 is 22.5 Å². The number of alkyl halides is 3. The number of nitrogens with zero attached hydrogens (tertiary/aromatic N) is 3. The van der Waals surface area contributed by atoms with E-state index in [1.165, 1.54) is 18.6 Å². The molecule has 2 aliphatic rings. The van der Waals surface area contributed by atoms with Gasteiger partial charge in [-0.2, -0.15) is 18.2 Å². The van der Waals surface area contributed by atoms with Crippen LogP contribution in [0.1, 0.15) is 49.5 Å². The second-order valence-corrected chi connectivity index (χ2v) is 7.31. The number of likely N-dealkylation sites (tertiary alicyclic amines) is 1. The fraction of sp³-hybridized carbons (Fsp3) is 0.526. The second kappa shape index (κ2) is 6.98. The van der Waals surface area contributed by atoms with E-state index in [9.17, 15) is 18.0 Å². The zero-order chi connectivity index (χ0) is 19.0. The van der Waals surface area contributed by atoms with Crippen LogP contribution in [0, 0.1) is 5.92 Å². The molecule has 0 bridgehead atoms. The molecule has 2 aromatic rings. The molecule has 0 atom stereocenters. The van der Waals surface area contributed by atoms with Crippen molar-refractivity contribution in [2.75, 3.05) is 13.1 Å². The van der Waals surface area contributed by atoms with Crippen LogP contribution >= 0.6 is 0 Å². The highest BCUT2D eigenvalue weighted by Gasteiger charge is 2.38. The molecule has 1 saturated heterocycles. The molecule has 4 rings (SSSR count). The lowest BCUT2D eigenvalue weighted by atomic mass is 9.86. The summed E-state index contributed by atoms with van der Waals surface area (Å²) in [7, 11) is 0. The third kappa shape index (κ3) is 3.70. The second-order valence-electron chi connectivity index (χ2n) is 7.31. The van der Waals surface area contributed by atoms with Gasteiger partial charge in [0.05, 0.1) is 11.5 Å². The summed E-state index contributed by atoms with van der Waals surface area (Å²) in [6, 6.07) is 4.85. The average Bonchev–Trinajstić information content (AvgIpc) is 3.10. The Balaban J connectivity index is 1.40. The number of amides is 1. The normalized spacial score (nSPS) is 19.1. The zero-order valence-electron chi connectivity index (χ0n) is 14.7. The van der Waals surface area contributed by atoms with Gasteiger partial charge in [0.25, 0.3) is 0 Å². The molecule has 1 aliphatic heterocycles. The summed E-state index contributed by atoms with van der Waals surface area (Å²) in [6.07, 6.45) is 0.916. The molecule has 27 heavy (non-hydrogen) atoms. The van der Waals surface area contributed by atoms with Gasteiger partial charge in [-0.05, 0) is 25.0 Å². The van der Waals surface area contributed by atoms with E-state index in [1.54, 1.807) is 0 Å². The molecule has 2 fully saturated rings. The van der Waals surface area contributed by atoms with Crippen molar-refractivity contribution in [1.82, 2.24) is 15.0 Å². The number of benzene rings is 1. The minimum absolute atomic E-state index is 0.0513. The summed E-state index contributed by atoms with van der Waals surface area (Å²) < 4.78 is 43.8. The molecule has 0 radical (unpaired) electrons. The third-order valence-electron chi connectivity index (χ3n) is 5.39. The van der Waals surface area contributed by atoms with Gasteiger partial charge < -0.3 is 9.42 Å². The van der Waals surface area contributed by atoms with Crippen molar-refractivity contribution in [1.29, 1.82) is 0 Å². The van der Waals surface area contributed by atoms with E-state index in [2.05, 4.69) is 10.1 Å². The molecule has 2 heterocycles. The standard InChI is InChI=1S/C19H20F3N3O2/c20-19(21,22)15-8-4-7-13(9-15)16-23-17(27-24-16)14-10-25(11-14)18(26)12-5-2-1-3-6-12/h4,7-9,12,14H,1-3,5-6,10-11H2. The summed E-state index contributed by atoms with van der Waals surface area (Å²) in [4.78, 5) is 18.5. The third-order valence-corrected chi connectivity index (χ3v) is 5.39. The molecule has 144 valence electrons. The topological polar surface area (TPSA) is 59.2 Å². The van der Waals surface area contributed by atoms with Crippen LogP contribution in [0.15, 0.2) is 28.8 Å². The summed E-state index contributed by atoms with van der Waals surface area (Å²) in [5, 5.41) is 3.82. The smallest absolute Gasteiger partial charge is 0.341 e. The molecule has 1 aromatic carbocycles. The van der Waals surface area contributed by atoms with Crippen LogP contribution in [-0.2, 0) is 11.0 Å². The zero-order valence-corrected chi connectivity index (χ0v) is 14.7. The van der Waals surface area contributed by atoms with Crippen molar-refractivity contribution in [3.05, 3.63) is 35.7 Å². The van der Waals surface area contributed by atoms with E-state index in [-0.39, 0.29) is 29.1 Å². The maximum Gasteiger partial charge on any atom is 0.416 e. The Bertz CT molecular complexity index is 822. The number of hydrogen-bond acceptors (Lipinski definition) is 4. The quantitative estimate of drug-likeness (QED) is 0.800. The molecule has 1 aliphatic carbocycles. The fourth-order valence-electron chi connectivity index (χ4n) is 3.78. The van der Waals surface area contributed by atoms with Crippen molar-refractivity contribution in [3.63, 3.8) is 0 Å². The van der Waals surface area contributed by atoms with Gasteiger partial charge in [0.15, 0.2) is 0 Å². The minimum Gasteiger partial charge on any atom is -0.341 e. The highest BCUT2D eigenvalue weighted by molar-refractivity contribution is 5.80. The maximum atomic E-state index is 12.9. The monoisotopic (exact) mass is 379 g/mol. The number of carbonyl (C=O) groups is 1. The van der Waals surface area contributed by atoms with Crippen LogP contribution in [0.2, 0.25) is 0 Å². The SMILES string of the molecule is O=C(C1CCCCC1)N1CC(c2nc(-c3cccc(C(F)(F)F)c3)no2)C1. The average molecular weight is 379 g/mol. The van der Waals surface area contributed by atoms with Crippen molar-refractivity contribution in [2.45, 2.75) is 44.2 Å². The highest BCUT2D eigenvalue weighted by Crippen LogP contribution is 2.34. The van der Waals surface area contributed by atoms with Gasteiger partial charge in [-0.15, -0.1) is 0 Å². The van der Waals surface area contributed by atoms with Gasteiger partial charge in [0, 0.05) is 24.6 Å². The number of aromatic nitrogens is 2. The first kappa shape index (κ1) is 18.0. The lowest BCUT2D eigenvalue weighted by Crippen LogP contribution is -2.51. The van der Waals surface area contributed by atoms with Crippen LogP contribution in [0.4, 0.5) is 13.2 Å². The lowest BCUT2D eigenvalue weighted by molar-refractivity contribution is -0.141. The first-order valence-electron chi connectivity index (χ1n) is 9.22. The van der Waals surface area contributed by atoms with Crippen LogP contribution in [0.3, 0.4) is 0 Å². The predicted octanol–water partition coefficient (Wildman–Crippen LogP) is 4.26. The Hall–Kier alpha value is -2.38. The van der Waals surface area contributed by atoms with Crippen LogP contribution < -0.4 is 0 Å². The molecular weight excluding hydrogens is 359 g/mol. The van der Waals surface area contributed by atoms with E-state index in [4.69, 9.17) is 4.52 Å². The summed E-state index contributed by atoms with van der Waals surface area (Å²) in [5.41, 5.74) is -0.492. The van der Waals surface area contributed by atoms with Gasteiger partial charge in [0.2, 0.25) is 17.6 Å². The van der Waals surface area contributed by atoms with Gasteiger partial charge >= 0.3 is 6.18 Å². The molecular formula is C19H20F3N3O2. The molecule has 5 nitrogen and oxygen atoms in total. The Kier molecular flexibility index (Phi) is 4.65. The van der Waals surface area contributed by atoms with Gasteiger partial charge in [-0.1, -0.05) is 36.6 Å². The van der Waals surface area contributed by atoms with E-state index in [1.807, 2.05) is 4.90 Å². The van der Waals surface area contributed by atoms with Crippen molar-refractivity contribution in [2.24, 2.45) is 5.92 Å².